The number of rotatable bonds is 6. The molecule has 7 heteroatoms. The first kappa shape index (κ1) is 20.5. The first-order chi connectivity index (χ1) is 13.3. The molecule has 1 fully saturated rings. The highest BCUT2D eigenvalue weighted by atomic mass is 32.2. The molecule has 1 aromatic heterocycles. The number of carbonyl (C=O) groups excluding carboxylic acids is 1. The van der Waals surface area contributed by atoms with Gasteiger partial charge >= 0.3 is 0 Å². The van der Waals surface area contributed by atoms with Gasteiger partial charge in [-0.2, -0.15) is 0 Å². The molecular weight excluding hydrogens is 374 g/mol. The maximum absolute atomic E-state index is 12.2. The summed E-state index contributed by atoms with van der Waals surface area (Å²) in [5, 5.41) is 3.02. The van der Waals surface area contributed by atoms with Crippen LogP contribution < -0.4 is 5.32 Å². The molecule has 0 saturated carbocycles. The molecule has 1 aliphatic rings. The molecule has 2 aromatic rings. The zero-order chi connectivity index (χ0) is 20.1. The third-order valence-electron chi connectivity index (χ3n) is 5.19. The predicted octanol–water partition coefficient (Wildman–Crippen LogP) is 2.44. The van der Waals surface area contributed by atoms with Gasteiger partial charge in [0.1, 0.15) is 0 Å². The van der Waals surface area contributed by atoms with Gasteiger partial charge in [0.2, 0.25) is 0 Å². The molecule has 1 saturated heterocycles. The van der Waals surface area contributed by atoms with Crippen LogP contribution in [0.1, 0.15) is 34.5 Å². The molecule has 0 unspecified atom stereocenters. The van der Waals surface area contributed by atoms with Crippen molar-refractivity contribution in [3.05, 3.63) is 59.4 Å². The van der Waals surface area contributed by atoms with E-state index >= 15 is 0 Å². The number of likely N-dealkylation sites (tertiary alicyclic amines) is 1. The summed E-state index contributed by atoms with van der Waals surface area (Å²) in [5.41, 5.74) is 2.61. The Kier molecular flexibility index (Phi) is 6.46. The normalized spacial score (nSPS) is 16.1. The second-order valence-electron chi connectivity index (χ2n) is 7.53. The van der Waals surface area contributed by atoms with Crippen molar-refractivity contribution in [3.8, 4) is 0 Å². The lowest BCUT2D eigenvalue weighted by Gasteiger charge is -2.32. The Morgan fingerprint density at radius 1 is 1.14 bits per heavy atom. The Labute approximate surface area is 166 Å². The van der Waals surface area contributed by atoms with Crippen LogP contribution in [0.4, 0.5) is 0 Å². The van der Waals surface area contributed by atoms with Crippen LogP contribution in [0, 0.1) is 12.8 Å². The third-order valence-corrected chi connectivity index (χ3v) is 6.32. The minimum Gasteiger partial charge on any atom is -0.352 e. The number of aromatic nitrogens is 1. The molecule has 1 amide bonds. The largest absolute Gasteiger partial charge is 0.352 e. The number of carbonyl (C=O) groups is 1. The van der Waals surface area contributed by atoms with E-state index in [4.69, 9.17) is 0 Å². The average Bonchev–Trinajstić information content (AvgIpc) is 2.67. The monoisotopic (exact) mass is 401 g/mol. The van der Waals surface area contributed by atoms with Gasteiger partial charge in [-0.1, -0.05) is 12.1 Å². The highest BCUT2D eigenvalue weighted by molar-refractivity contribution is 7.90. The standard InChI is InChI=1S/C21H27N3O3S/c1-16-3-6-19(14-22-16)21(25)23-13-17-9-11-24(12-10-17)15-18-4-7-20(8-5-18)28(2,26)27/h3-8,14,17H,9-13,15H2,1-2H3,(H,23,25). The van der Waals surface area contributed by atoms with Crippen molar-refractivity contribution in [3.63, 3.8) is 0 Å². The molecule has 0 aliphatic carbocycles. The van der Waals surface area contributed by atoms with Crippen molar-refractivity contribution in [2.45, 2.75) is 31.2 Å². The molecule has 28 heavy (non-hydrogen) atoms. The van der Waals surface area contributed by atoms with Crippen LogP contribution in [-0.2, 0) is 16.4 Å². The van der Waals surface area contributed by atoms with Crippen molar-refractivity contribution >= 4 is 15.7 Å². The zero-order valence-corrected chi connectivity index (χ0v) is 17.2. The minimum atomic E-state index is -3.15. The first-order valence-corrected chi connectivity index (χ1v) is 11.4. The Morgan fingerprint density at radius 2 is 1.82 bits per heavy atom. The summed E-state index contributed by atoms with van der Waals surface area (Å²) in [4.78, 5) is 19.1. The van der Waals surface area contributed by atoms with Gasteiger partial charge in [0, 0.05) is 31.2 Å². The minimum absolute atomic E-state index is 0.0686. The summed E-state index contributed by atoms with van der Waals surface area (Å²) in [5.74, 6) is 0.409. The quantitative estimate of drug-likeness (QED) is 0.804. The maximum Gasteiger partial charge on any atom is 0.252 e. The lowest BCUT2D eigenvalue weighted by molar-refractivity contribution is 0.0935. The number of nitrogens with one attached hydrogen (secondary N) is 1. The molecule has 1 aromatic carbocycles. The lowest BCUT2D eigenvalue weighted by atomic mass is 9.96. The Hall–Kier alpha value is -2.25. The fourth-order valence-corrected chi connectivity index (χ4v) is 4.02. The van der Waals surface area contributed by atoms with Crippen LogP contribution in [0.15, 0.2) is 47.5 Å². The average molecular weight is 402 g/mol. The topological polar surface area (TPSA) is 79.4 Å². The van der Waals surface area contributed by atoms with E-state index in [0.29, 0.717) is 22.9 Å². The number of aryl methyl sites for hydroxylation is 1. The van der Waals surface area contributed by atoms with Crippen LogP contribution in [0.2, 0.25) is 0 Å². The number of hydrogen-bond acceptors (Lipinski definition) is 5. The molecule has 0 atom stereocenters. The van der Waals surface area contributed by atoms with Crippen LogP contribution in [0.5, 0.6) is 0 Å². The lowest BCUT2D eigenvalue weighted by Crippen LogP contribution is -2.38. The number of pyridine rings is 1. The molecule has 150 valence electrons. The van der Waals surface area contributed by atoms with Crippen LogP contribution >= 0.6 is 0 Å². The van der Waals surface area contributed by atoms with Gasteiger partial charge in [-0.25, -0.2) is 8.42 Å². The summed E-state index contributed by atoms with van der Waals surface area (Å²) < 4.78 is 23.1. The van der Waals surface area contributed by atoms with E-state index in [9.17, 15) is 13.2 Å². The predicted molar refractivity (Wildman–Crippen MR) is 109 cm³/mol. The number of piperidine rings is 1. The van der Waals surface area contributed by atoms with Gasteiger partial charge in [-0.15, -0.1) is 0 Å². The van der Waals surface area contributed by atoms with Crippen molar-refractivity contribution in [1.29, 1.82) is 0 Å². The summed E-state index contributed by atoms with van der Waals surface area (Å²) in [6, 6.07) is 10.8. The number of hydrogen-bond donors (Lipinski definition) is 1. The molecular formula is C21H27N3O3S. The Balaban J connectivity index is 1.43. The van der Waals surface area contributed by atoms with E-state index in [1.54, 1.807) is 24.4 Å². The van der Waals surface area contributed by atoms with Gasteiger partial charge in [0.05, 0.1) is 10.5 Å². The highest BCUT2D eigenvalue weighted by Gasteiger charge is 2.20. The van der Waals surface area contributed by atoms with E-state index in [0.717, 1.165) is 43.7 Å². The molecule has 3 rings (SSSR count). The van der Waals surface area contributed by atoms with Crippen molar-refractivity contribution in [2.24, 2.45) is 5.92 Å². The smallest absolute Gasteiger partial charge is 0.252 e. The van der Waals surface area contributed by atoms with Crippen molar-refractivity contribution < 1.29 is 13.2 Å². The second kappa shape index (κ2) is 8.84. The van der Waals surface area contributed by atoms with Crippen LogP contribution in [0.3, 0.4) is 0 Å². The molecule has 6 nitrogen and oxygen atoms in total. The maximum atomic E-state index is 12.2. The van der Waals surface area contributed by atoms with E-state index < -0.39 is 9.84 Å². The summed E-state index contributed by atoms with van der Waals surface area (Å²) in [7, 11) is -3.15. The fraction of sp³-hybridized carbons (Fsp3) is 0.429. The Bertz CT molecular complexity index is 901. The zero-order valence-electron chi connectivity index (χ0n) is 16.4. The molecule has 2 heterocycles. The molecule has 0 bridgehead atoms. The molecule has 0 spiro atoms. The van der Waals surface area contributed by atoms with Gasteiger partial charge in [0.25, 0.3) is 5.91 Å². The van der Waals surface area contributed by atoms with Crippen LogP contribution in [-0.4, -0.2) is 50.1 Å². The molecule has 0 radical (unpaired) electrons. The number of benzene rings is 1. The fourth-order valence-electron chi connectivity index (χ4n) is 3.39. The first-order valence-electron chi connectivity index (χ1n) is 9.53. The van der Waals surface area contributed by atoms with Gasteiger partial charge in [-0.05, 0) is 68.6 Å². The van der Waals surface area contributed by atoms with E-state index in [1.165, 1.54) is 6.26 Å². The number of amides is 1. The second-order valence-corrected chi connectivity index (χ2v) is 9.55. The van der Waals surface area contributed by atoms with Gasteiger partial charge in [-0.3, -0.25) is 14.7 Å². The molecule has 1 N–H and O–H groups in total. The summed E-state index contributed by atoms with van der Waals surface area (Å²) in [6.07, 6.45) is 4.91. The van der Waals surface area contributed by atoms with Crippen molar-refractivity contribution in [2.75, 3.05) is 25.9 Å². The number of nitrogens with zero attached hydrogens (tertiary/aromatic N) is 2. The number of sulfone groups is 1. The third kappa shape index (κ3) is 5.62. The summed E-state index contributed by atoms with van der Waals surface area (Å²) in [6.45, 7) is 5.35. The highest BCUT2D eigenvalue weighted by Crippen LogP contribution is 2.19. The van der Waals surface area contributed by atoms with Gasteiger partial charge in [0.15, 0.2) is 9.84 Å². The van der Waals surface area contributed by atoms with Crippen LogP contribution in [0.25, 0.3) is 0 Å². The summed E-state index contributed by atoms with van der Waals surface area (Å²) >= 11 is 0. The van der Waals surface area contributed by atoms with Crippen molar-refractivity contribution in [1.82, 2.24) is 15.2 Å². The van der Waals surface area contributed by atoms with E-state index in [1.807, 2.05) is 25.1 Å². The van der Waals surface area contributed by atoms with E-state index in [-0.39, 0.29) is 5.91 Å². The molecule has 1 aliphatic heterocycles. The van der Waals surface area contributed by atoms with E-state index in [2.05, 4.69) is 15.2 Å². The SMILES string of the molecule is Cc1ccc(C(=O)NCC2CCN(Cc3ccc(S(C)(=O)=O)cc3)CC2)cn1. The van der Waals surface area contributed by atoms with Gasteiger partial charge < -0.3 is 5.32 Å². The Morgan fingerprint density at radius 3 is 2.39 bits per heavy atom.